The van der Waals surface area contributed by atoms with Gasteiger partial charge in [0, 0.05) is 73.2 Å². The maximum absolute atomic E-state index is 9.24. The Kier molecular flexibility index (Phi) is 5.63. The normalized spacial score (nSPS) is 18.1. The van der Waals surface area contributed by atoms with Gasteiger partial charge in [-0.3, -0.25) is 4.98 Å². The fourth-order valence-electron chi connectivity index (χ4n) is 4.41. The van der Waals surface area contributed by atoms with Crippen molar-refractivity contribution in [3.63, 3.8) is 0 Å². The second-order valence-corrected chi connectivity index (χ2v) is 8.28. The number of ether oxygens (including phenoxy) is 1. The molecular weight excluding hydrogens is 388 g/mol. The summed E-state index contributed by atoms with van der Waals surface area (Å²) in [6.07, 6.45) is 9.30. The van der Waals surface area contributed by atoms with Gasteiger partial charge in [-0.15, -0.1) is 0 Å². The van der Waals surface area contributed by atoms with Crippen LogP contribution in [0, 0.1) is 17.2 Å². The summed E-state index contributed by atoms with van der Waals surface area (Å²) in [6, 6.07) is 11.0. The van der Waals surface area contributed by atoms with Crippen molar-refractivity contribution in [2.24, 2.45) is 5.92 Å². The van der Waals surface area contributed by atoms with Crippen LogP contribution in [0.2, 0.25) is 0 Å². The highest BCUT2D eigenvalue weighted by molar-refractivity contribution is 5.94. The van der Waals surface area contributed by atoms with Crippen LogP contribution in [0.5, 0.6) is 0 Å². The van der Waals surface area contributed by atoms with Crippen LogP contribution in [0.15, 0.2) is 42.9 Å². The third-order valence-electron chi connectivity index (χ3n) is 6.22. The molecule has 0 aromatic carbocycles. The van der Waals surface area contributed by atoms with Crippen LogP contribution in [0.25, 0.3) is 22.0 Å². The summed E-state index contributed by atoms with van der Waals surface area (Å²) in [5.74, 6) is 1.99. The van der Waals surface area contributed by atoms with E-state index in [1.807, 2.05) is 30.7 Å². The Labute approximate surface area is 182 Å². The quantitative estimate of drug-likeness (QED) is 0.690. The average Bonchev–Trinajstić information content (AvgIpc) is 2.84. The highest BCUT2D eigenvalue weighted by Gasteiger charge is 2.22. The number of hydrogen-bond donors (Lipinski definition) is 1. The minimum absolute atomic E-state index is 0.145. The number of anilines is 2. The summed E-state index contributed by atoms with van der Waals surface area (Å²) in [5, 5.41) is 15.0. The molecule has 3 aromatic heterocycles. The second-order valence-electron chi connectivity index (χ2n) is 8.28. The Bertz CT molecular complexity index is 1100. The Morgan fingerprint density at radius 1 is 1.06 bits per heavy atom. The molecule has 0 aliphatic carbocycles. The van der Waals surface area contributed by atoms with E-state index in [2.05, 4.69) is 38.4 Å². The molecule has 2 fully saturated rings. The smallest absolute Gasteiger partial charge is 0.137 e. The van der Waals surface area contributed by atoms with Gasteiger partial charge < -0.3 is 15.0 Å². The molecule has 0 spiro atoms. The van der Waals surface area contributed by atoms with Crippen LogP contribution >= 0.6 is 0 Å². The van der Waals surface area contributed by atoms with E-state index in [9.17, 15) is 5.26 Å². The molecule has 0 amide bonds. The molecule has 2 saturated heterocycles. The highest BCUT2D eigenvalue weighted by Crippen LogP contribution is 2.32. The van der Waals surface area contributed by atoms with E-state index in [4.69, 9.17) is 9.72 Å². The van der Waals surface area contributed by atoms with E-state index < -0.39 is 0 Å². The Hall–Kier alpha value is -3.24. The average molecular weight is 415 g/mol. The van der Waals surface area contributed by atoms with E-state index in [1.165, 1.54) is 0 Å². The van der Waals surface area contributed by atoms with Gasteiger partial charge in [-0.05, 0) is 49.9 Å². The number of pyridine rings is 3. The number of hydrogen-bond acceptors (Lipinski definition) is 7. The Morgan fingerprint density at radius 2 is 1.90 bits per heavy atom. The zero-order valence-corrected chi connectivity index (χ0v) is 17.5. The summed E-state index contributed by atoms with van der Waals surface area (Å²) in [5.41, 5.74) is 1.94. The molecule has 0 saturated carbocycles. The zero-order valence-electron chi connectivity index (χ0n) is 17.5. The van der Waals surface area contributed by atoms with Crippen LogP contribution in [0.3, 0.4) is 0 Å². The van der Waals surface area contributed by atoms with E-state index in [-0.39, 0.29) is 5.92 Å². The lowest BCUT2D eigenvalue weighted by molar-refractivity contribution is 0.0904. The first kappa shape index (κ1) is 19.7. The maximum Gasteiger partial charge on any atom is 0.137 e. The Morgan fingerprint density at radius 3 is 2.71 bits per heavy atom. The fourth-order valence-corrected chi connectivity index (χ4v) is 4.41. The highest BCUT2D eigenvalue weighted by atomic mass is 16.5. The standard InChI is InChI=1S/C24H26N6O/c25-15-17-3-9-30(10-4-17)24-21-2-7-26-16-19(21)13-22(29-24)18-1-8-27-23(14-18)28-20-5-11-31-12-6-20/h1-2,7-8,13-14,16-17,20H,3-6,9-12H2,(H,27,28). The van der Waals surface area contributed by atoms with Gasteiger partial charge in [0.2, 0.25) is 0 Å². The van der Waals surface area contributed by atoms with Gasteiger partial charge in [0.25, 0.3) is 0 Å². The number of piperidine rings is 1. The summed E-state index contributed by atoms with van der Waals surface area (Å²) >= 11 is 0. The minimum atomic E-state index is 0.145. The topological polar surface area (TPSA) is 87.0 Å². The molecule has 31 heavy (non-hydrogen) atoms. The molecule has 5 rings (SSSR count). The molecule has 158 valence electrons. The second kappa shape index (κ2) is 8.86. The molecule has 0 bridgehead atoms. The van der Waals surface area contributed by atoms with E-state index in [0.717, 1.165) is 85.7 Å². The largest absolute Gasteiger partial charge is 0.381 e. The number of nitriles is 1. The number of nitrogens with zero attached hydrogens (tertiary/aromatic N) is 5. The van der Waals surface area contributed by atoms with Crippen molar-refractivity contribution in [3.05, 3.63) is 42.9 Å². The number of nitrogens with one attached hydrogen (secondary N) is 1. The molecule has 5 heterocycles. The zero-order chi connectivity index (χ0) is 21.0. The van der Waals surface area contributed by atoms with Gasteiger partial charge in [-0.25, -0.2) is 9.97 Å². The molecule has 3 aromatic rings. The molecule has 2 aliphatic rings. The third kappa shape index (κ3) is 4.30. The van der Waals surface area contributed by atoms with Crippen molar-refractivity contribution in [3.8, 4) is 17.3 Å². The van der Waals surface area contributed by atoms with Gasteiger partial charge in [0.05, 0.1) is 11.8 Å². The minimum Gasteiger partial charge on any atom is -0.381 e. The molecule has 7 heteroatoms. The summed E-state index contributed by atoms with van der Waals surface area (Å²) in [6.45, 7) is 3.28. The van der Waals surface area contributed by atoms with Crippen LogP contribution in [-0.4, -0.2) is 47.3 Å². The lowest BCUT2D eigenvalue weighted by Crippen LogP contribution is -2.34. The summed E-state index contributed by atoms with van der Waals surface area (Å²) in [7, 11) is 0. The van der Waals surface area contributed by atoms with E-state index in [0.29, 0.717) is 6.04 Å². The van der Waals surface area contributed by atoms with Crippen LogP contribution in [0.1, 0.15) is 25.7 Å². The van der Waals surface area contributed by atoms with Crippen molar-refractivity contribution >= 4 is 22.4 Å². The van der Waals surface area contributed by atoms with Crippen LogP contribution < -0.4 is 10.2 Å². The number of aromatic nitrogens is 3. The first-order chi connectivity index (χ1) is 15.3. The first-order valence-electron chi connectivity index (χ1n) is 11.0. The molecule has 1 N–H and O–H groups in total. The third-order valence-corrected chi connectivity index (χ3v) is 6.22. The van der Waals surface area contributed by atoms with Crippen LogP contribution in [-0.2, 0) is 4.74 Å². The van der Waals surface area contributed by atoms with E-state index >= 15 is 0 Å². The first-order valence-corrected chi connectivity index (χ1v) is 11.0. The fraction of sp³-hybridized carbons (Fsp3) is 0.417. The van der Waals surface area contributed by atoms with E-state index in [1.54, 1.807) is 0 Å². The monoisotopic (exact) mass is 414 g/mol. The number of fused-ring (bicyclic) bond motifs is 1. The summed E-state index contributed by atoms with van der Waals surface area (Å²) in [4.78, 5) is 16.2. The van der Waals surface area contributed by atoms with Gasteiger partial charge >= 0.3 is 0 Å². The predicted octanol–water partition coefficient (Wildman–Crippen LogP) is 4.02. The predicted molar refractivity (Wildman–Crippen MR) is 121 cm³/mol. The van der Waals surface area contributed by atoms with Crippen molar-refractivity contribution in [1.82, 2.24) is 15.0 Å². The van der Waals surface area contributed by atoms with Gasteiger partial charge in [0.1, 0.15) is 11.6 Å². The van der Waals surface area contributed by atoms with Gasteiger partial charge in [-0.2, -0.15) is 5.26 Å². The van der Waals surface area contributed by atoms with Gasteiger partial charge in [0.15, 0.2) is 0 Å². The Balaban J connectivity index is 1.48. The molecular formula is C24H26N6O. The van der Waals surface area contributed by atoms with Gasteiger partial charge in [-0.1, -0.05) is 0 Å². The maximum atomic E-state index is 9.24. The SMILES string of the molecule is N#CC1CCN(c2nc(-c3ccnc(NC4CCOCC4)c3)cc3cnccc23)CC1. The van der Waals surface area contributed by atoms with Crippen molar-refractivity contribution in [2.75, 3.05) is 36.5 Å². The molecule has 0 atom stereocenters. The van der Waals surface area contributed by atoms with Crippen LogP contribution in [0.4, 0.5) is 11.6 Å². The summed E-state index contributed by atoms with van der Waals surface area (Å²) < 4.78 is 5.46. The van der Waals surface area contributed by atoms with Crippen molar-refractivity contribution < 1.29 is 4.74 Å². The van der Waals surface area contributed by atoms with Crippen molar-refractivity contribution in [2.45, 2.75) is 31.7 Å². The lowest BCUT2D eigenvalue weighted by atomic mass is 9.98. The molecule has 7 nitrogen and oxygen atoms in total. The molecule has 0 radical (unpaired) electrons. The lowest BCUT2D eigenvalue weighted by Gasteiger charge is -2.31. The molecule has 2 aliphatic heterocycles. The number of rotatable bonds is 4. The molecule has 0 unspecified atom stereocenters. The van der Waals surface area contributed by atoms with Crippen molar-refractivity contribution in [1.29, 1.82) is 5.26 Å².